The molecule has 0 radical (unpaired) electrons. The Balaban J connectivity index is 1.57. The summed E-state index contributed by atoms with van der Waals surface area (Å²) in [6.45, 7) is 4.13. The Hall–Kier alpha value is -2.43. The van der Waals surface area contributed by atoms with Gasteiger partial charge < -0.3 is 4.90 Å². The van der Waals surface area contributed by atoms with Crippen LogP contribution in [0.1, 0.15) is 30.0 Å². The number of piperidine rings is 1. The molecule has 1 aliphatic rings. The Labute approximate surface area is 129 Å². The minimum absolute atomic E-state index is 0.595. The molecular formula is C17H19N5. The molecule has 5 heteroatoms. The largest absolute Gasteiger partial charge is 0.355 e. The molecule has 0 bridgehead atoms. The summed E-state index contributed by atoms with van der Waals surface area (Å²) in [5, 5.41) is 8.35. The second-order valence-electron chi connectivity index (χ2n) is 5.92. The number of hydrogen-bond acceptors (Lipinski definition) is 4. The highest BCUT2D eigenvalue weighted by Crippen LogP contribution is 2.32. The third-order valence-electron chi connectivity index (χ3n) is 4.60. The van der Waals surface area contributed by atoms with Crippen LogP contribution >= 0.6 is 0 Å². The average molecular weight is 293 g/mol. The van der Waals surface area contributed by atoms with Crippen molar-refractivity contribution in [3.63, 3.8) is 0 Å². The van der Waals surface area contributed by atoms with Crippen LogP contribution in [-0.2, 0) is 0 Å². The Bertz CT molecular complexity index is 781. The topological polar surface area (TPSA) is 57.7 Å². The second kappa shape index (κ2) is 5.40. The first-order valence-corrected chi connectivity index (χ1v) is 7.77. The van der Waals surface area contributed by atoms with Crippen LogP contribution in [0.25, 0.3) is 10.9 Å². The van der Waals surface area contributed by atoms with E-state index in [-0.39, 0.29) is 0 Å². The van der Waals surface area contributed by atoms with Gasteiger partial charge in [0.25, 0.3) is 0 Å². The molecular weight excluding hydrogens is 274 g/mol. The number of pyridine rings is 2. The molecule has 3 aromatic heterocycles. The molecule has 1 fully saturated rings. The predicted molar refractivity (Wildman–Crippen MR) is 87.1 cm³/mol. The number of hydrogen-bond donors (Lipinski definition) is 1. The van der Waals surface area contributed by atoms with Gasteiger partial charge in [-0.1, -0.05) is 6.07 Å². The second-order valence-corrected chi connectivity index (χ2v) is 5.92. The molecule has 0 aromatic carbocycles. The van der Waals surface area contributed by atoms with Crippen LogP contribution in [0.15, 0.2) is 36.8 Å². The smallest absolute Gasteiger partial charge is 0.155 e. The molecule has 0 spiro atoms. The third kappa shape index (κ3) is 2.22. The summed E-state index contributed by atoms with van der Waals surface area (Å²) in [5.74, 6) is 1.61. The molecule has 0 amide bonds. The number of aromatic nitrogens is 4. The lowest BCUT2D eigenvalue weighted by Crippen LogP contribution is -2.33. The van der Waals surface area contributed by atoms with Crippen LogP contribution in [0, 0.1) is 6.92 Å². The number of H-pyrrole nitrogens is 1. The van der Waals surface area contributed by atoms with Gasteiger partial charge in [-0.3, -0.25) is 10.1 Å². The van der Waals surface area contributed by atoms with E-state index < -0.39 is 0 Å². The summed E-state index contributed by atoms with van der Waals surface area (Å²) in [4.78, 5) is 11.5. The molecule has 1 saturated heterocycles. The molecule has 0 unspecified atom stereocenters. The number of anilines is 1. The van der Waals surface area contributed by atoms with Crippen molar-refractivity contribution < 1.29 is 0 Å². The maximum Gasteiger partial charge on any atom is 0.155 e. The van der Waals surface area contributed by atoms with Gasteiger partial charge in [-0.25, -0.2) is 4.98 Å². The van der Waals surface area contributed by atoms with Gasteiger partial charge in [0.2, 0.25) is 0 Å². The fourth-order valence-electron chi connectivity index (χ4n) is 3.39. The van der Waals surface area contributed by atoms with Crippen molar-refractivity contribution in [3.05, 3.63) is 48.0 Å². The molecule has 1 aliphatic heterocycles. The lowest BCUT2D eigenvalue weighted by atomic mass is 9.90. The lowest BCUT2D eigenvalue weighted by molar-refractivity contribution is 0.502. The Morgan fingerprint density at radius 3 is 2.77 bits per heavy atom. The van der Waals surface area contributed by atoms with E-state index in [1.807, 2.05) is 30.7 Å². The van der Waals surface area contributed by atoms with Crippen LogP contribution in [0.4, 0.5) is 5.82 Å². The number of nitrogens with zero attached hydrogens (tertiary/aromatic N) is 4. The van der Waals surface area contributed by atoms with E-state index in [0.29, 0.717) is 5.92 Å². The van der Waals surface area contributed by atoms with E-state index in [0.717, 1.165) is 42.7 Å². The van der Waals surface area contributed by atoms with Crippen LogP contribution in [0.2, 0.25) is 0 Å². The van der Waals surface area contributed by atoms with E-state index in [9.17, 15) is 0 Å². The molecule has 4 heterocycles. The van der Waals surface area contributed by atoms with Gasteiger partial charge in [0.15, 0.2) is 5.82 Å². The SMILES string of the molecule is Cc1[nH]ncc1C1CCN(c2nccc3cccnc23)CC1. The molecule has 112 valence electrons. The van der Waals surface area contributed by atoms with Gasteiger partial charge >= 0.3 is 0 Å². The standard InChI is InChI=1S/C17H19N5/c1-12-15(11-20-21-12)13-5-9-22(10-6-13)17-16-14(4-8-19-17)3-2-7-18-16/h2-4,7-8,11,13H,5-6,9-10H2,1H3,(H,20,21). The Morgan fingerprint density at radius 1 is 1.14 bits per heavy atom. The molecule has 4 rings (SSSR count). The van der Waals surface area contributed by atoms with Gasteiger partial charge in [-0.05, 0) is 43.4 Å². The number of aromatic amines is 1. The summed E-state index contributed by atoms with van der Waals surface area (Å²) in [6.07, 6.45) is 7.96. The van der Waals surface area contributed by atoms with Crippen molar-refractivity contribution in [1.29, 1.82) is 0 Å². The first-order valence-electron chi connectivity index (χ1n) is 7.77. The van der Waals surface area contributed by atoms with Crippen LogP contribution in [-0.4, -0.2) is 33.3 Å². The van der Waals surface area contributed by atoms with E-state index in [1.165, 1.54) is 11.3 Å². The monoisotopic (exact) mass is 293 g/mol. The zero-order valence-corrected chi connectivity index (χ0v) is 12.7. The Kier molecular flexibility index (Phi) is 3.25. The molecule has 0 atom stereocenters. The minimum Gasteiger partial charge on any atom is -0.355 e. The molecule has 22 heavy (non-hydrogen) atoms. The van der Waals surface area contributed by atoms with Crippen LogP contribution < -0.4 is 4.90 Å². The molecule has 0 aliphatic carbocycles. The molecule has 3 aromatic rings. The van der Waals surface area contributed by atoms with Crippen molar-refractivity contribution in [3.8, 4) is 0 Å². The highest BCUT2D eigenvalue weighted by Gasteiger charge is 2.24. The van der Waals surface area contributed by atoms with E-state index in [4.69, 9.17) is 0 Å². The van der Waals surface area contributed by atoms with Gasteiger partial charge in [-0.15, -0.1) is 0 Å². The van der Waals surface area contributed by atoms with Crippen LogP contribution in [0.3, 0.4) is 0 Å². The van der Waals surface area contributed by atoms with E-state index in [2.05, 4.69) is 38.1 Å². The molecule has 5 nitrogen and oxygen atoms in total. The normalized spacial score (nSPS) is 16.3. The number of nitrogens with one attached hydrogen (secondary N) is 1. The zero-order chi connectivity index (χ0) is 14.9. The maximum absolute atomic E-state index is 4.58. The van der Waals surface area contributed by atoms with Gasteiger partial charge in [0, 0.05) is 36.6 Å². The quantitative estimate of drug-likeness (QED) is 0.789. The van der Waals surface area contributed by atoms with Crippen LogP contribution in [0.5, 0.6) is 0 Å². The summed E-state index contributed by atoms with van der Waals surface area (Å²) in [6, 6.07) is 6.09. The molecule has 0 saturated carbocycles. The summed E-state index contributed by atoms with van der Waals surface area (Å²) < 4.78 is 0. The minimum atomic E-state index is 0.595. The number of aryl methyl sites for hydroxylation is 1. The van der Waals surface area contributed by atoms with Crippen molar-refractivity contribution in [2.45, 2.75) is 25.7 Å². The van der Waals surface area contributed by atoms with Gasteiger partial charge in [0.05, 0.1) is 6.20 Å². The first kappa shape index (κ1) is 13.2. The highest BCUT2D eigenvalue weighted by atomic mass is 15.2. The first-order chi connectivity index (χ1) is 10.8. The van der Waals surface area contributed by atoms with Crippen molar-refractivity contribution >= 4 is 16.7 Å². The van der Waals surface area contributed by atoms with Crippen molar-refractivity contribution in [1.82, 2.24) is 20.2 Å². The zero-order valence-electron chi connectivity index (χ0n) is 12.7. The van der Waals surface area contributed by atoms with Crippen molar-refractivity contribution in [2.75, 3.05) is 18.0 Å². The predicted octanol–water partition coefficient (Wildman–Crippen LogP) is 3.05. The number of rotatable bonds is 2. The summed E-state index contributed by atoms with van der Waals surface area (Å²) in [5.41, 5.74) is 3.56. The molecule has 1 N–H and O–H groups in total. The lowest BCUT2D eigenvalue weighted by Gasteiger charge is -2.33. The number of fused-ring (bicyclic) bond motifs is 1. The van der Waals surface area contributed by atoms with E-state index in [1.54, 1.807) is 0 Å². The highest BCUT2D eigenvalue weighted by molar-refractivity contribution is 5.88. The van der Waals surface area contributed by atoms with Gasteiger partial charge in [0.1, 0.15) is 5.52 Å². The fraction of sp³-hybridized carbons (Fsp3) is 0.353. The third-order valence-corrected chi connectivity index (χ3v) is 4.60. The van der Waals surface area contributed by atoms with Gasteiger partial charge in [-0.2, -0.15) is 5.10 Å². The van der Waals surface area contributed by atoms with E-state index >= 15 is 0 Å². The summed E-state index contributed by atoms with van der Waals surface area (Å²) >= 11 is 0. The Morgan fingerprint density at radius 2 is 2.00 bits per heavy atom. The maximum atomic E-state index is 4.58. The van der Waals surface area contributed by atoms with Crippen molar-refractivity contribution in [2.24, 2.45) is 0 Å². The average Bonchev–Trinajstić information content (AvgIpc) is 3.01. The summed E-state index contributed by atoms with van der Waals surface area (Å²) in [7, 11) is 0. The fourth-order valence-corrected chi connectivity index (χ4v) is 3.39.